The zero-order valence-corrected chi connectivity index (χ0v) is 50.3. The number of thioether (sulfide) groups is 1. The average molecular weight is 1280 g/mol. The van der Waals surface area contributed by atoms with Crippen LogP contribution in [0.3, 0.4) is 0 Å². The highest BCUT2D eigenvalue weighted by Gasteiger charge is 2.23. The molecule has 78 heavy (non-hydrogen) atoms. The maximum atomic E-state index is 13.1. The molecule has 2 saturated heterocycles. The summed E-state index contributed by atoms with van der Waals surface area (Å²) in [6.07, 6.45) is 0. The second-order valence-corrected chi connectivity index (χ2v) is 20.2. The molecule has 18 nitrogen and oxygen atoms in total. The van der Waals surface area contributed by atoms with Crippen molar-refractivity contribution in [3.05, 3.63) is 101 Å². The molecule has 4 aliphatic heterocycles. The van der Waals surface area contributed by atoms with E-state index in [1.165, 1.54) is 34.5 Å². The van der Waals surface area contributed by atoms with Crippen LogP contribution in [0.25, 0.3) is 0 Å². The molecule has 2 fully saturated rings. The summed E-state index contributed by atoms with van der Waals surface area (Å²) < 4.78 is 32.2. The van der Waals surface area contributed by atoms with Gasteiger partial charge in [0, 0.05) is 114 Å². The molecule has 5 aromatic rings. The molecule has 0 aliphatic carbocycles. The second kappa shape index (κ2) is 35.0. The van der Waals surface area contributed by atoms with E-state index in [2.05, 4.69) is 80.4 Å². The first-order chi connectivity index (χ1) is 36.0. The molecule has 0 radical (unpaired) electrons. The summed E-state index contributed by atoms with van der Waals surface area (Å²) in [6, 6.07) is 26.9. The van der Waals surface area contributed by atoms with Gasteiger partial charge in [-0.25, -0.2) is 4.98 Å². The number of carbonyl (C=O) groups is 2. The number of carbonyl (C=O) groups excluding carboxylic acids is 2. The molecule has 0 bridgehead atoms. The monoisotopic (exact) mass is 1280 g/mol. The number of rotatable bonds is 16. The van der Waals surface area contributed by atoms with E-state index >= 15 is 0 Å². The Labute approximate surface area is 496 Å². The van der Waals surface area contributed by atoms with Crippen molar-refractivity contribution in [3.63, 3.8) is 0 Å². The number of nitrogens with one attached hydrogen (secondary N) is 2. The fourth-order valence-electron chi connectivity index (χ4n) is 8.12. The molecular formula is C54H77Br2N10O8PS3. The fraction of sp³-hybridized carbons (Fsp3) is 0.426. The largest absolute Gasteiger partial charge is 0.486 e. The molecule has 4 aliphatic rings. The number of Topliss-reactive ketones (excluding diaryl/α,β-unsaturated/α-hetero) is 1. The van der Waals surface area contributed by atoms with Gasteiger partial charge in [-0.3, -0.25) is 19.4 Å². The Bertz CT molecular complexity index is 2660. The van der Waals surface area contributed by atoms with Gasteiger partial charge in [-0.05, 0) is 103 Å². The third-order valence-corrected chi connectivity index (χ3v) is 14.5. The smallest absolute Gasteiger partial charge is 0.206 e. The first-order valence-electron chi connectivity index (χ1n) is 24.4. The van der Waals surface area contributed by atoms with E-state index in [4.69, 9.17) is 52.1 Å². The molecule has 1 unspecified atom stereocenters. The number of aliphatic imine (C=N–C) groups is 1. The zero-order valence-electron chi connectivity index (χ0n) is 43.1. The quantitative estimate of drug-likeness (QED) is 0.0181. The zero-order chi connectivity index (χ0) is 52.2. The molecule has 6 N–H and O–H groups in total. The molecule has 9 rings (SSSR count). The van der Waals surface area contributed by atoms with Crippen molar-refractivity contribution in [2.45, 2.75) is 21.8 Å². The maximum absolute atomic E-state index is 13.1. The normalized spacial score (nSPS) is 14.7. The van der Waals surface area contributed by atoms with Crippen molar-refractivity contribution in [2.24, 2.45) is 10.7 Å². The fourth-order valence-corrected chi connectivity index (χ4v) is 10.0. The Morgan fingerprint density at radius 3 is 1.67 bits per heavy atom. The topological polar surface area (TPSA) is 204 Å². The number of hydrogen-bond donors (Lipinski definition) is 4. The van der Waals surface area contributed by atoms with Gasteiger partial charge in [-0.1, -0.05) is 60.8 Å². The lowest BCUT2D eigenvalue weighted by Gasteiger charge is -2.36. The molecular weight excluding hydrogens is 1200 g/mol. The van der Waals surface area contributed by atoms with Gasteiger partial charge in [0.2, 0.25) is 5.78 Å². The highest BCUT2D eigenvalue weighted by Crippen LogP contribution is 2.35. The number of piperazine rings is 2. The van der Waals surface area contributed by atoms with Gasteiger partial charge in [0.1, 0.15) is 37.1 Å². The summed E-state index contributed by atoms with van der Waals surface area (Å²) in [4.78, 5) is 43.0. The van der Waals surface area contributed by atoms with Crippen molar-refractivity contribution >= 4 is 134 Å². The minimum Gasteiger partial charge on any atom is -0.486 e. The van der Waals surface area contributed by atoms with Crippen molar-refractivity contribution in [3.8, 4) is 23.0 Å². The highest BCUT2D eigenvalue weighted by atomic mass is 79.9. The number of nitrogen functional groups attached to an aromatic ring is 1. The summed E-state index contributed by atoms with van der Waals surface area (Å²) >= 11 is 11.1. The van der Waals surface area contributed by atoms with E-state index in [9.17, 15) is 9.59 Å². The molecule has 24 heteroatoms. The Kier molecular flexibility index (Phi) is 30.3. The Hall–Kier alpha value is -4.81. The van der Waals surface area contributed by atoms with Gasteiger partial charge in [0.25, 0.3) is 0 Å². The number of thiocarbonyl (C=S) groups is 1. The number of ketones is 2. The van der Waals surface area contributed by atoms with Gasteiger partial charge in [-0.15, -0.1) is 17.0 Å². The number of alkyl halides is 1. The molecule has 1 aromatic heterocycles. The number of fused-ring (bicyclic) bond motifs is 2. The summed E-state index contributed by atoms with van der Waals surface area (Å²) in [5.74, 6) is 3.52. The van der Waals surface area contributed by atoms with Gasteiger partial charge < -0.3 is 60.3 Å². The van der Waals surface area contributed by atoms with Gasteiger partial charge >= 0.3 is 0 Å². The standard InChI is InChI=1S/C25H29N5O4S.C17H27N5OS2.C10H9BrO3.2CH4.BrH.H3P/c1-32-13-12-29-8-10-30(11-9-29)19-5-3-18(4-6-19)27-25-28-24(26)23(35-25)22(31)17-2-7-20-21(16-17)34-15-14-33-20;1-3-25-16(18)20-17(24)19-14-4-6-15(7-5-14)22-10-8-21(9-11-22)12-13-23-2;11-6-8(12)7-1-2-9-10(5-7)14-4-3-13-9;;;;/h2-7,16H,8-15,26H2,1H3,(H,27,28);4-7H,3,8-13H2,1-2H3,(H3,18,19,20,24);1-2,5H,3-4,6H2;2*1H4;1H;1H3. The van der Waals surface area contributed by atoms with Crippen molar-refractivity contribution < 1.29 is 38.0 Å². The number of thiazole rings is 1. The third-order valence-electron chi connectivity index (χ3n) is 12.1. The molecule has 0 amide bonds. The van der Waals surface area contributed by atoms with Crippen LogP contribution in [0.15, 0.2) is 89.9 Å². The first-order valence-corrected chi connectivity index (χ1v) is 27.7. The molecule has 0 saturated carbocycles. The summed E-state index contributed by atoms with van der Waals surface area (Å²) in [7, 11) is 3.49. The highest BCUT2D eigenvalue weighted by molar-refractivity contribution is 9.09. The van der Waals surface area contributed by atoms with Crippen LogP contribution in [0, 0.1) is 0 Å². The number of nitrogens with zero attached hydrogens (tertiary/aromatic N) is 6. The van der Waals surface area contributed by atoms with Crippen molar-refractivity contribution in [1.29, 1.82) is 0 Å². The van der Waals surface area contributed by atoms with Gasteiger partial charge in [0.15, 0.2) is 44.2 Å². The Morgan fingerprint density at radius 2 is 1.19 bits per heavy atom. The predicted molar refractivity (Wildman–Crippen MR) is 341 cm³/mol. The minimum atomic E-state index is -0.190. The second-order valence-electron chi connectivity index (χ2n) is 17.0. The van der Waals surface area contributed by atoms with E-state index in [0.29, 0.717) is 86.2 Å². The number of methoxy groups -OCH3 is 2. The third kappa shape index (κ3) is 20.1. The van der Waals surface area contributed by atoms with E-state index in [-0.39, 0.29) is 59.1 Å². The van der Waals surface area contributed by atoms with Gasteiger partial charge in [0.05, 0.1) is 18.5 Å². The maximum Gasteiger partial charge on any atom is 0.206 e. The number of aromatic nitrogens is 1. The number of ether oxygens (including phenoxy) is 6. The minimum absolute atomic E-state index is 0. The van der Waals surface area contributed by atoms with Crippen LogP contribution in [0.1, 0.15) is 47.4 Å². The number of anilines is 6. The van der Waals surface area contributed by atoms with Gasteiger partial charge in [-0.2, -0.15) is 14.9 Å². The number of nitrogens with two attached hydrogens (primary N) is 2. The lowest BCUT2D eigenvalue weighted by Crippen LogP contribution is -2.47. The number of hydrogen-bond acceptors (Lipinski definition) is 18. The Balaban J connectivity index is 0.000000326. The van der Waals surface area contributed by atoms with Crippen LogP contribution >= 0.6 is 78.1 Å². The summed E-state index contributed by atoms with van der Waals surface area (Å²) in [5, 5.41) is 8.15. The Morgan fingerprint density at radius 1 is 0.731 bits per heavy atom. The van der Waals surface area contributed by atoms with Crippen LogP contribution in [0.2, 0.25) is 0 Å². The van der Waals surface area contributed by atoms with Crippen LogP contribution < -0.4 is 50.8 Å². The predicted octanol–water partition coefficient (Wildman–Crippen LogP) is 9.40. The van der Waals surface area contributed by atoms with E-state index in [1.807, 2.05) is 31.2 Å². The lowest BCUT2D eigenvalue weighted by molar-refractivity contribution is 0.101. The molecule has 428 valence electrons. The summed E-state index contributed by atoms with van der Waals surface area (Å²) in [5.41, 5.74) is 17.2. The first kappa shape index (κ1) is 67.5. The van der Waals surface area contributed by atoms with Crippen molar-refractivity contribution in [1.82, 2.24) is 14.8 Å². The van der Waals surface area contributed by atoms with Crippen LogP contribution in [0.5, 0.6) is 23.0 Å². The molecule has 5 heterocycles. The molecule has 0 spiro atoms. The average Bonchev–Trinajstić information content (AvgIpc) is 3.81. The van der Waals surface area contributed by atoms with E-state index in [1.54, 1.807) is 50.6 Å². The van der Waals surface area contributed by atoms with Crippen LogP contribution in [0.4, 0.5) is 33.7 Å². The van der Waals surface area contributed by atoms with E-state index in [0.717, 1.165) is 95.8 Å². The SMILES string of the molecule is Br.C.C.CCSC(N)=NC(=S)Nc1ccc(N2CCN(CCOC)CC2)cc1.COCCN1CCN(c2ccc(Nc3nc(N)c(C(=O)c4ccc5c(c4)OCCO5)s3)cc2)CC1.O=C(CBr)c1ccc2c(c1)OCCO2.P. The number of benzene rings is 4. The lowest BCUT2D eigenvalue weighted by atomic mass is 10.1. The molecule has 4 aromatic carbocycles. The van der Waals surface area contributed by atoms with E-state index < -0.39 is 0 Å². The molecule has 1 atom stereocenters. The van der Waals surface area contributed by atoms with Crippen LogP contribution in [-0.4, -0.2) is 167 Å². The van der Waals surface area contributed by atoms with Crippen molar-refractivity contribution in [2.75, 3.05) is 157 Å². The summed E-state index contributed by atoms with van der Waals surface area (Å²) in [6.45, 7) is 15.9. The number of amidine groups is 1. The number of halogens is 2. The van der Waals surface area contributed by atoms with Crippen LogP contribution in [-0.2, 0) is 9.47 Å².